The highest BCUT2D eigenvalue weighted by Gasteiger charge is 2.37. The predicted molar refractivity (Wildman–Crippen MR) is 111 cm³/mol. The molecule has 0 aliphatic heterocycles. The van der Waals surface area contributed by atoms with Crippen LogP contribution in [-0.2, 0) is 5.60 Å². The molecule has 3 aromatic carbocycles. The summed E-state index contributed by atoms with van der Waals surface area (Å²) in [5.41, 5.74) is 3.20. The fourth-order valence-corrected chi connectivity index (χ4v) is 3.16. The molecule has 0 spiro atoms. The van der Waals surface area contributed by atoms with Crippen LogP contribution in [0.1, 0.15) is 34.7 Å². The quantitative estimate of drug-likeness (QED) is 0.646. The molecule has 2 N–H and O–H groups in total. The van der Waals surface area contributed by atoms with Gasteiger partial charge in [-0.25, -0.2) is 0 Å². The molecule has 0 saturated heterocycles. The zero-order valence-electron chi connectivity index (χ0n) is 15.9. The number of phenols is 1. The van der Waals surface area contributed by atoms with Crippen LogP contribution in [-0.4, -0.2) is 22.5 Å². The monoisotopic (exact) mass is 359 g/mol. The number of aromatic hydroxyl groups is 1. The lowest BCUT2D eigenvalue weighted by molar-refractivity contribution is 0.0589. The smallest absolute Gasteiger partial charge is 0.137 e. The van der Waals surface area contributed by atoms with Crippen molar-refractivity contribution in [2.45, 2.75) is 32.4 Å². The van der Waals surface area contributed by atoms with E-state index in [2.05, 4.69) is 4.99 Å². The number of nitrogens with zero attached hydrogens (tertiary/aromatic N) is 1. The number of hydrogen-bond acceptors (Lipinski definition) is 3. The molecule has 138 valence electrons. The van der Waals surface area contributed by atoms with E-state index >= 15 is 0 Å². The van der Waals surface area contributed by atoms with Crippen LogP contribution < -0.4 is 0 Å². The highest BCUT2D eigenvalue weighted by molar-refractivity contribution is 5.83. The number of para-hydroxylation sites is 1. The molecule has 3 aromatic rings. The molecular formula is C24H25NO2. The summed E-state index contributed by atoms with van der Waals surface area (Å²) < 4.78 is 0. The Kier molecular flexibility index (Phi) is 5.43. The summed E-state index contributed by atoms with van der Waals surface area (Å²) in [7, 11) is 0. The molecule has 0 bridgehead atoms. The van der Waals surface area contributed by atoms with Crippen LogP contribution in [0.3, 0.4) is 0 Å². The molecule has 0 radical (unpaired) electrons. The van der Waals surface area contributed by atoms with Crippen molar-refractivity contribution in [3.05, 3.63) is 101 Å². The number of aliphatic hydroxyl groups is 1. The van der Waals surface area contributed by atoms with Gasteiger partial charge in [0.1, 0.15) is 11.4 Å². The van der Waals surface area contributed by atoms with Crippen molar-refractivity contribution in [2.75, 3.05) is 0 Å². The predicted octanol–water partition coefficient (Wildman–Crippen LogP) is 4.75. The van der Waals surface area contributed by atoms with Crippen LogP contribution in [0.25, 0.3) is 0 Å². The summed E-state index contributed by atoms with van der Waals surface area (Å²) in [6.45, 7) is 5.93. The van der Waals surface area contributed by atoms with Gasteiger partial charge in [-0.3, -0.25) is 4.99 Å². The van der Waals surface area contributed by atoms with Crippen molar-refractivity contribution in [1.82, 2.24) is 0 Å². The van der Waals surface area contributed by atoms with Crippen LogP contribution >= 0.6 is 0 Å². The zero-order valence-corrected chi connectivity index (χ0v) is 15.9. The van der Waals surface area contributed by atoms with Crippen molar-refractivity contribution in [2.24, 2.45) is 4.99 Å². The molecule has 1 atom stereocenters. The number of rotatable bonds is 5. The molecule has 0 aliphatic carbocycles. The maximum absolute atomic E-state index is 11.8. The van der Waals surface area contributed by atoms with Crippen molar-refractivity contribution >= 4 is 6.21 Å². The third-order valence-corrected chi connectivity index (χ3v) is 4.96. The number of hydrogen-bond donors (Lipinski definition) is 2. The molecule has 1 unspecified atom stereocenters. The van der Waals surface area contributed by atoms with E-state index in [1.54, 1.807) is 24.4 Å². The van der Waals surface area contributed by atoms with E-state index in [9.17, 15) is 10.2 Å². The molecule has 0 saturated carbocycles. The lowest BCUT2D eigenvalue weighted by atomic mass is 9.80. The third kappa shape index (κ3) is 3.93. The van der Waals surface area contributed by atoms with Gasteiger partial charge in [-0.15, -0.1) is 0 Å². The molecule has 3 rings (SSSR count). The third-order valence-electron chi connectivity index (χ3n) is 4.96. The fraction of sp³-hybridized carbons (Fsp3) is 0.208. The second-order valence-electron chi connectivity index (χ2n) is 7.01. The van der Waals surface area contributed by atoms with E-state index in [-0.39, 0.29) is 5.75 Å². The normalized spacial score (nSPS) is 13.0. The van der Waals surface area contributed by atoms with E-state index in [4.69, 9.17) is 0 Å². The summed E-state index contributed by atoms with van der Waals surface area (Å²) in [4.78, 5) is 4.59. The molecule has 0 fully saturated rings. The number of phenolic OH excluding ortho intramolecular Hbond substituents is 1. The second kappa shape index (κ2) is 7.77. The lowest BCUT2D eigenvalue weighted by Crippen LogP contribution is -2.38. The molecule has 0 aromatic heterocycles. The molecule has 3 heteroatoms. The van der Waals surface area contributed by atoms with E-state index < -0.39 is 11.6 Å². The minimum Gasteiger partial charge on any atom is -0.507 e. The maximum Gasteiger partial charge on any atom is 0.137 e. The maximum atomic E-state index is 11.8. The molecule has 0 amide bonds. The average Bonchev–Trinajstić information content (AvgIpc) is 2.67. The van der Waals surface area contributed by atoms with E-state index in [1.807, 2.05) is 75.4 Å². The van der Waals surface area contributed by atoms with Crippen LogP contribution in [0, 0.1) is 13.8 Å². The average molecular weight is 359 g/mol. The first-order chi connectivity index (χ1) is 12.9. The van der Waals surface area contributed by atoms with Crippen LogP contribution in [0.15, 0.2) is 77.8 Å². The Morgan fingerprint density at radius 3 is 1.78 bits per heavy atom. The first-order valence-electron chi connectivity index (χ1n) is 9.09. The van der Waals surface area contributed by atoms with Gasteiger partial charge in [0.2, 0.25) is 0 Å². The molecule has 0 aliphatic rings. The van der Waals surface area contributed by atoms with Gasteiger partial charge in [-0.2, -0.15) is 0 Å². The van der Waals surface area contributed by atoms with E-state index in [1.165, 1.54) is 0 Å². The van der Waals surface area contributed by atoms with Gasteiger partial charge < -0.3 is 10.2 Å². The zero-order chi connectivity index (χ0) is 19.4. The van der Waals surface area contributed by atoms with Crippen LogP contribution in [0.5, 0.6) is 5.75 Å². The standard InChI is InChI=1S/C24H25NO2/c1-17-8-12-21(13-9-17)24(27,22-14-10-18(2)11-15-22)19(3)25-16-20-6-4-5-7-23(20)26/h4-16,19,26-27H,1-3H3. The Morgan fingerprint density at radius 2 is 1.30 bits per heavy atom. The first kappa shape index (κ1) is 18.9. The summed E-state index contributed by atoms with van der Waals surface area (Å²) in [5, 5.41) is 21.7. The summed E-state index contributed by atoms with van der Waals surface area (Å²) >= 11 is 0. The fourth-order valence-electron chi connectivity index (χ4n) is 3.16. The van der Waals surface area contributed by atoms with Gasteiger partial charge >= 0.3 is 0 Å². The highest BCUT2D eigenvalue weighted by atomic mass is 16.3. The number of benzene rings is 3. The summed E-state index contributed by atoms with van der Waals surface area (Å²) in [6.07, 6.45) is 1.62. The first-order valence-corrected chi connectivity index (χ1v) is 9.09. The minimum atomic E-state index is -1.28. The summed E-state index contributed by atoms with van der Waals surface area (Å²) in [6, 6.07) is 22.3. The Bertz CT molecular complexity index is 882. The van der Waals surface area contributed by atoms with E-state index in [0.717, 1.165) is 22.3 Å². The van der Waals surface area contributed by atoms with Gasteiger partial charge in [0.05, 0.1) is 6.04 Å². The molecule has 27 heavy (non-hydrogen) atoms. The van der Waals surface area contributed by atoms with Gasteiger partial charge in [-0.1, -0.05) is 71.8 Å². The lowest BCUT2D eigenvalue weighted by Gasteiger charge is -2.33. The van der Waals surface area contributed by atoms with Gasteiger partial charge in [0.25, 0.3) is 0 Å². The van der Waals surface area contributed by atoms with Gasteiger partial charge in [0, 0.05) is 11.8 Å². The largest absolute Gasteiger partial charge is 0.507 e. The highest BCUT2D eigenvalue weighted by Crippen LogP contribution is 2.35. The Labute approximate surface area is 160 Å². The SMILES string of the molecule is Cc1ccc(C(O)(c2ccc(C)cc2)C(C)N=Cc2ccccc2O)cc1. The van der Waals surface area contributed by atoms with Crippen LogP contribution in [0.2, 0.25) is 0 Å². The Balaban J connectivity index is 2.04. The van der Waals surface area contributed by atoms with Crippen molar-refractivity contribution in [3.63, 3.8) is 0 Å². The molecule has 0 heterocycles. The van der Waals surface area contributed by atoms with Crippen molar-refractivity contribution in [1.29, 1.82) is 0 Å². The number of aliphatic imine (C=N–C) groups is 1. The minimum absolute atomic E-state index is 0.169. The molecule has 3 nitrogen and oxygen atoms in total. The van der Waals surface area contributed by atoms with Crippen molar-refractivity contribution < 1.29 is 10.2 Å². The summed E-state index contributed by atoms with van der Waals surface area (Å²) in [5.74, 6) is 0.169. The van der Waals surface area contributed by atoms with E-state index in [0.29, 0.717) is 5.56 Å². The van der Waals surface area contributed by atoms with Crippen molar-refractivity contribution in [3.8, 4) is 5.75 Å². The van der Waals surface area contributed by atoms with Gasteiger partial charge in [-0.05, 0) is 44.0 Å². The Hall–Kier alpha value is -2.91. The number of aryl methyl sites for hydroxylation is 2. The van der Waals surface area contributed by atoms with Crippen LogP contribution in [0.4, 0.5) is 0 Å². The second-order valence-corrected chi connectivity index (χ2v) is 7.01. The van der Waals surface area contributed by atoms with Gasteiger partial charge in [0.15, 0.2) is 0 Å². The molecular weight excluding hydrogens is 334 g/mol. The topological polar surface area (TPSA) is 52.8 Å². The Morgan fingerprint density at radius 1 is 0.815 bits per heavy atom.